The van der Waals surface area contributed by atoms with Gasteiger partial charge in [0, 0.05) is 35.3 Å². The van der Waals surface area contributed by atoms with E-state index in [0.717, 1.165) is 22.3 Å². The van der Waals surface area contributed by atoms with Crippen LogP contribution in [0.4, 0.5) is 5.69 Å². The number of amides is 1. The monoisotopic (exact) mass is 421 g/mol. The lowest BCUT2D eigenvalue weighted by Gasteiger charge is -2.12. The number of nitrogens with zero attached hydrogens (tertiary/aromatic N) is 2. The first-order chi connectivity index (χ1) is 14.6. The summed E-state index contributed by atoms with van der Waals surface area (Å²) < 4.78 is 4.89. The van der Waals surface area contributed by atoms with Crippen molar-refractivity contribution in [3.8, 4) is 11.1 Å². The van der Waals surface area contributed by atoms with Gasteiger partial charge in [-0.15, -0.1) is 11.3 Å². The number of esters is 1. The summed E-state index contributed by atoms with van der Waals surface area (Å²) in [5, 5.41) is 8.72. The van der Waals surface area contributed by atoms with Crippen molar-refractivity contribution in [1.29, 1.82) is 0 Å². The highest BCUT2D eigenvalue weighted by Crippen LogP contribution is 2.37. The fourth-order valence-electron chi connectivity index (χ4n) is 3.10. The van der Waals surface area contributed by atoms with Gasteiger partial charge in [0.15, 0.2) is 0 Å². The third-order valence-corrected chi connectivity index (χ3v) is 5.69. The van der Waals surface area contributed by atoms with Crippen LogP contribution in [-0.4, -0.2) is 35.8 Å². The van der Waals surface area contributed by atoms with Gasteiger partial charge >= 0.3 is 5.97 Å². The molecule has 8 heteroatoms. The number of nitrogens with one attached hydrogen (secondary N) is 1. The van der Waals surface area contributed by atoms with Crippen LogP contribution >= 0.6 is 11.3 Å². The first kappa shape index (κ1) is 19.8. The van der Waals surface area contributed by atoms with Crippen LogP contribution in [0.2, 0.25) is 0 Å². The predicted octanol–water partition coefficient (Wildman–Crippen LogP) is 4.04. The van der Waals surface area contributed by atoms with Crippen LogP contribution in [0.1, 0.15) is 27.2 Å². The Morgan fingerprint density at radius 1 is 1.20 bits per heavy atom. The van der Waals surface area contributed by atoms with Crippen LogP contribution in [0.3, 0.4) is 0 Å². The fraction of sp³-hybridized carbons (Fsp3) is 0.182. The van der Waals surface area contributed by atoms with Gasteiger partial charge in [-0.1, -0.05) is 35.0 Å². The maximum absolute atomic E-state index is 12.9. The van der Waals surface area contributed by atoms with E-state index in [2.05, 4.69) is 15.5 Å². The van der Waals surface area contributed by atoms with Crippen molar-refractivity contribution in [2.45, 2.75) is 19.4 Å². The number of hydrogen-bond acceptors (Lipinski definition) is 7. The third kappa shape index (κ3) is 3.95. The number of rotatable bonds is 5. The number of oxime groups is 1. The quantitative estimate of drug-likeness (QED) is 0.628. The van der Waals surface area contributed by atoms with Crippen LogP contribution in [0.15, 0.2) is 59.3 Å². The van der Waals surface area contributed by atoms with Crippen molar-refractivity contribution in [3.05, 3.63) is 70.2 Å². The van der Waals surface area contributed by atoms with E-state index in [9.17, 15) is 9.59 Å². The van der Waals surface area contributed by atoms with E-state index < -0.39 is 12.1 Å². The summed E-state index contributed by atoms with van der Waals surface area (Å²) in [7, 11) is 1.31. The number of carbonyl (C=O) groups excluding carboxylic acids is 2. The molecule has 0 saturated carbocycles. The number of hydrogen-bond donors (Lipinski definition) is 1. The molecule has 1 unspecified atom stereocenters. The molecule has 1 amide bonds. The zero-order valence-electron chi connectivity index (χ0n) is 16.4. The molecule has 30 heavy (non-hydrogen) atoms. The van der Waals surface area contributed by atoms with Crippen molar-refractivity contribution in [2.24, 2.45) is 5.16 Å². The number of aryl methyl sites for hydroxylation is 1. The van der Waals surface area contributed by atoms with Crippen LogP contribution in [0, 0.1) is 6.92 Å². The SMILES string of the molecule is COC(=O)c1scc(-c2ccc(C)cc2)c1NC(=O)C1CC(c2cccnc2)=NO1. The molecule has 7 nitrogen and oxygen atoms in total. The van der Waals surface area contributed by atoms with Gasteiger partial charge in [0.05, 0.1) is 18.5 Å². The Bertz CT molecular complexity index is 1110. The summed E-state index contributed by atoms with van der Waals surface area (Å²) in [5.41, 5.74) is 4.63. The van der Waals surface area contributed by atoms with Crippen LogP contribution in [0.25, 0.3) is 11.1 Å². The minimum Gasteiger partial charge on any atom is -0.465 e. The van der Waals surface area contributed by atoms with Gasteiger partial charge in [-0.2, -0.15) is 0 Å². The lowest BCUT2D eigenvalue weighted by Crippen LogP contribution is -2.28. The van der Waals surface area contributed by atoms with E-state index in [-0.39, 0.29) is 5.91 Å². The first-order valence-electron chi connectivity index (χ1n) is 9.27. The Morgan fingerprint density at radius 3 is 2.70 bits per heavy atom. The maximum atomic E-state index is 12.9. The second-order valence-corrected chi connectivity index (χ2v) is 7.66. The van der Waals surface area contributed by atoms with E-state index in [1.54, 1.807) is 18.5 Å². The van der Waals surface area contributed by atoms with Gasteiger partial charge in [-0.25, -0.2) is 4.79 Å². The molecule has 2 aromatic heterocycles. The molecule has 0 fully saturated rings. The molecule has 3 heterocycles. The molecule has 0 radical (unpaired) electrons. The number of aromatic nitrogens is 1. The zero-order valence-corrected chi connectivity index (χ0v) is 17.2. The summed E-state index contributed by atoms with van der Waals surface area (Å²) in [6.07, 6.45) is 2.86. The zero-order chi connectivity index (χ0) is 21.1. The van der Waals surface area contributed by atoms with Crippen molar-refractivity contribution in [2.75, 3.05) is 12.4 Å². The third-order valence-electron chi connectivity index (χ3n) is 4.73. The highest BCUT2D eigenvalue weighted by Gasteiger charge is 2.31. The summed E-state index contributed by atoms with van der Waals surface area (Å²) in [4.78, 5) is 34.9. The molecule has 4 rings (SSSR count). The van der Waals surface area contributed by atoms with Gasteiger partial charge in [0.1, 0.15) is 4.88 Å². The van der Waals surface area contributed by atoms with E-state index in [1.165, 1.54) is 18.4 Å². The molecular formula is C22H19N3O4S. The molecule has 1 N–H and O–H groups in total. The molecule has 152 valence electrons. The van der Waals surface area contributed by atoms with Gasteiger partial charge < -0.3 is 14.9 Å². The molecule has 0 bridgehead atoms. The molecule has 1 atom stereocenters. The highest BCUT2D eigenvalue weighted by atomic mass is 32.1. The number of benzene rings is 1. The van der Waals surface area contributed by atoms with E-state index in [4.69, 9.17) is 9.57 Å². The number of methoxy groups -OCH3 is 1. The Labute approximate surface area is 177 Å². The smallest absolute Gasteiger partial charge is 0.350 e. The van der Waals surface area contributed by atoms with Gasteiger partial charge in [-0.3, -0.25) is 9.78 Å². The first-order valence-corrected chi connectivity index (χ1v) is 10.2. The van der Waals surface area contributed by atoms with Gasteiger partial charge in [-0.05, 0) is 24.6 Å². The number of thiophene rings is 1. The average Bonchev–Trinajstić information content (AvgIpc) is 3.42. The summed E-state index contributed by atoms with van der Waals surface area (Å²) in [5.74, 6) is -0.886. The van der Waals surface area contributed by atoms with Crippen LogP contribution in [-0.2, 0) is 14.4 Å². The second kappa shape index (κ2) is 8.46. The molecule has 0 spiro atoms. The van der Waals surface area contributed by atoms with Crippen molar-refractivity contribution >= 4 is 34.6 Å². The minimum absolute atomic E-state index is 0.315. The molecule has 1 aliphatic rings. The van der Waals surface area contributed by atoms with E-state index in [1.807, 2.05) is 42.6 Å². The van der Waals surface area contributed by atoms with Gasteiger partial charge in [0.25, 0.3) is 5.91 Å². The fourth-order valence-corrected chi connectivity index (χ4v) is 4.04. The Hall–Kier alpha value is -3.52. The van der Waals surface area contributed by atoms with E-state index >= 15 is 0 Å². The van der Waals surface area contributed by atoms with E-state index in [0.29, 0.717) is 22.7 Å². The molecule has 0 aliphatic carbocycles. The normalized spacial score (nSPS) is 15.3. The highest BCUT2D eigenvalue weighted by molar-refractivity contribution is 7.13. The molecular weight excluding hydrogens is 402 g/mol. The standard InChI is InChI=1S/C22H19N3O4S/c1-13-5-7-14(8-6-13)16-12-30-20(22(27)28-2)19(16)24-21(26)18-10-17(25-29-18)15-4-3-9-23-11-15/h3-9,11-12,18H,10H2,1-2H3,(H,24,26). The molecule has 0 saturated heterocycles. The topological polar surface area (TPSA) is 89.9 Å². The second-order valence-electron chi connectivity index (χ2n) is 6.78. The predicted molar refractivity (Wildman–Crippen MR) is 115 cm³/mol. The average molecular weight is 421 g/mol. The summed E-state index contributed by atoms with van der Waals surface area (Å²) >= 11 is 1.22. The van der Waals surface area contributed by atoms with Crippen molar-refractivity contribution in [1.82, 2.24) is 4.98 Å². The van der Waals surface area contributed by atoms with Crippen molar-refractivity contribution in [3.63, 3.8) is 0 Å². The Balaban J connectivity index is 1.57. The van der Waals surface area contributed by atoms with Gasteiger partial charge in [0.2, 0.25) is 6.10 Å². The molecule has 1 aliphatic heterocycles. The summed E-state index contributed by atoms with van der Waals surface area (Å²) in [6, 6.07) is 11.5. The van der Waals surface area contributed by atoms with Crippen molar-refractivity contribution < 1.29 is 19.2 Å². The lowest BCUT2D eigenvalue weighted by atomic mass is 10.0. The number of pyridine rings is 1. The number of carbonyl (C=O) groups is 2. The molecule has 1 aromatic carbocycles. The maximum Gasteiger partial charge on any atom is 0.350 e. The minimum atomic E-state index is -0.795. The Morgan fingerprint density at radius 2 is 2.00 bits per heavy atom. The molecule has 3 aromatic rings. The van der Waals surface area contributed by atoms with Crippen LogP contribution in [0.5, 0.6) is 0 Å². The number of ether oxygens (including phenoxy) is 1. The van der Waals surface area contributed by atoms with Crippen LogP contribution < -0.4 is 5.32 Å². The lowest BCUT2D eigenvalue weighted by molar-refractivity contribution is -0.125. The largest absolute Gasteiger partial charge is 0.465 e. The Kier molecular flexibility index (Phi) is 5.58. The number of anilines is 1. The summed E-state index contributed by atoms with van der Waals surface area (Å²) in [6.45, 7) is 2.00.